The number of fused-ring (bicyclic) bond motifs is 2. The van der Waals surface area contributed by atoms with Gasteiger partial charge in [-0.05, 0) is 72.5 Å². The Hall–Kier alpha value is -2.22. The normalized spacial score (nSPS) is 24.7. The largest absolute Gasteiger partial charge is 0.313 e. The third-order valence-corrected chi connectivity index (χ3v) is 6.39. The Morgan fingerprint density at radius 3 is 2.81 bits per heavy atom. The molecule has 0 aromatic heterocycles. The van der Waals surface area contributed by atoms with Gasteiger partial charge in [-0.2, -0.15) is 5.26 Å². The summed E-state index contributed by atoms with van der Waals surface area (Å²) in [5, 5.41) is 12.6. The summed E-state index contributed by atoms with van der Waals surface area (Å²) in [6, 6.07) is 14.7. The van der Waals surface area contributed by atoms with Crippen LogP contribution in [0.2, 0.25) is 0 Å². The molecule has 4 heteroatoms. The van der Waals surface area contributed by atoms with E-state index in [0.29, 0.717) is 18.0 Å². The van der Waals surface area contributed by atoms with Gasteiger partial charge in [0.25, 0.3) is 0 Å². The van der Waals surface area contributed by atoms with Crippen LogP contribution in [0, 0.1) is 17.1 Å². The van der Waals surface area contributed by atoms with Crippen molar-refractivity contribution in [3.05, 3.63) is 58.9 Å². The first kappa shape index (κ1) is 16.9. The average molecular weight is 361 g/mol. The Bertz CT molecular complexity index is 912. The summed E-state index contributed by atoms with van der Waals surface area (Å²) in [6.45, 7) is 3.25. The molecule has 2 aromatic rings. The lowest BCUT2D eigenvalue weighted by Gasteiger charge is -2.26. The van der Waals surface area contributed by atoms with E-state index in [0.717, 1.165) is 30.8 Å². The summed E-state index contributed by atoms with van der Waals surface area (Å²) in [5.41, 5.74) is 4.93. The molecule has 3 nitrogen and oxygen atoms in total. The SMILES string of the molecule is N#Cc1ccc(-c2cccc(CN3C[C@H]4C[C@@H]3CCN4)c2C2CC2)cc1F. The van der Waals surface area contributed by atoms with Crippen LogP contribution in [0.1, 0.15) is 48.3 Å². The third kappa shape index (κ3) is 3.16. The maximum Gasteiger partial charge on any atom is 0.141 e. The maximum atomic E-state index is 14.2. The molecular weight excluding hydrogens is 337 g/mol. The molecule has 0 unspecified atom stereocenters. The van der Waals surface area contributed by atoms with Gasteiger partial charge in [-0.15, -0.1) is 0 Å². The van der Waals surface area contributed by atoms with Gasteiger partial charge in [0.05, 0.1) is 5.56 Å². The Labute approximate surface area is 159 Å². The lowest BCUT2D eigenvalue weighted by molar-refractivity contribution is 0.239. The van der Waals surface area contributed by atoms with Crippen molar-refractivity contribution in [3.8, 4) is 17.2 Å². The van der Waals surface area contributed by atoms with E-state index in [9.17, 15) is 4.39 Å². The number of piperidine rings is 1. The van der Waals surface area contributed by atoms with Crippen LogP contribution in [0.15, 0.2) is 36.4 Å². The molecule has 3 fully saturated rings. The molecule has 3 aliphatic rings. The number of halogens is 1. The third-order valence-electron chi connectivity index (χ3n) is 6.39. The van der Waals surface area contributed by atoms with E-state index >= 15 is 0 Å². The number of nitrogens with one attached hydrogen (secondary N) is 1. The second-order valence-corrected chi connectivity index (χ2v) is 8.22. The standard InChI is InChI=1S/C23H24FN3/c24-22-10-16(6-7-17(22)12-25)21-3-1-2-18(23(21)15-4-5-15)13-27-14-19-11-20(27)8-9-26-19/h1-3,6-7,10,15,19-20,26H,4-5,8-9,11,13-14H2/t19-,20+/m1/s1. The molecule has 0 spiro atoms. The fourth-order valence-electron chi connectivity index (χ4n) is 4.93. The van der Waals surface area contributed by atoms with E-state index in [1.165, 1.54) is 42.9 Å². The molecule has 2 aromatic carbocycles. The van der Waals surface area contributed by atoms with Crippen LogP contribution >= 0.6 is 0 Å². The minimum atomic E-state index is -0.429. The maximum absolute atomic E-state index is 14.2. The van der Waals surface area contributed by atoms with Gasteiger partial charge in [0, 0.05) is 25.2 Å². The van der Waals surface area contributed by atoms with Crippen molar-refractivity contribution in [1.82, 2.24) is 10.2 Å². The number of benzene rings is 2. The zero-order chi connectivity index (χ0) is 18.4. The average Bonchev–Trinajstić information content (AvgIpc) is 3.48. The Balaban J connectivity index is 1.51. The predicted molar refractivity (Wildman–Crippen MR) is 104 cm³/mol. The molecule has 0 radical (unpaired) electrons. The zero-order valence-corrected chi connectivity index (χ0v) is 15.4. The van der Waals surface area contributed by atoms with Crippen LogP contribution in [0.3, 0.4) is 0 Å². The van der Waals surface area contributed by atoms with E-state index in [1.54, 1.807) is 6.07 Å². The first-order valence-corrected chi connectivity index (χ1v) is 10.0. The number of rotatable bonds is 4. The summed E-state index contributed by atoms with van der Waals surface area (Å²) in [6.07, 6.45) is 4.93. The van der Waals surface area contributed by atoms with Crippen LogP contribution in [0.5, 0.6) is 0 Å². The van der Waals surface area contributed by atoms with Crippen LogP contribution in [-0.4, -0.2) is 30.1 Å². The smallest absolute Gasteiger partial charge is 0.141 e. The van der Waals surface area contributed by atoms with Gasteiger partial charge in [-0.1, -0.05) is 24.3 Å². The molecule has 27 heavy (non-hydrogen) atoms. The Morgan fingerprint density at radius 1 is 1.19 bits per heavy atom. The highest BCUT2D eigenvalue weighted by molar-refractivity contribution is 5.71. The number of hydrogen-bond donors (Lipinski definition) is 1. The highest BCUT2D eigenvalue weighted by atomic mass is 19.1. The highest BCUT2D eigenvalue weighted by Crippen LogP contribution is 2.47. The van der Waals surface area contributed by atoms with Gasteiger partial charge in [-0.3, -0.25) is 4.90 Å². The number of nitrogens with zero attached hydrogens (tertiary/aromatic N) is 2. The number of likely N-dealkylation sites (tertiary alicyclic amines) is 1. The zero-order valence-electron chi connectivity index (χ0n) is 15.4. The van der Waals surface area contributed by atoms with Gasteiger partial charge in [-0.25, -0.2) is 4.39 Å². The Morgan fingerprint density at radius 2 is 2.07 bits per heavy atom. The molecule has 2 saturated heterocycles. The van der Waals surface area contributed by atoms with E-state index < -0.39 is 5.82 Å². The summed E-state index contributed by atoms with van der Waals surface area (Å²) < 4.78 is 14.2. The molecular formula is C23H24FN3. The second kappa shape index (κ2) is 6.74. The van der Waals surface area contributed by atoms with Crippen LogP contribution in [0.4, 0.5) is 4.39 Å². The summed E-state index contributed by atoms with van der Waals surface area (Å²) in [5.74, 6) is 0.163. The molecule has 1 aliphatic carbocycles. The quantitative estimate of drug-likeness (QED) is 0.888. The fourth-order valence-corrected chi connectivity index (χ4v) is 4.93. The summed E-state index contributed by atoms with van der Waals surface area (Å²) in [7, 11) is 0. The van der Waals surface area contributed by atoms with E-state index in [2.05, 4.69) is 28.4 Å². The van der Waals surface area contributed by atoms with Crippen molar-refractivity contribution in [3.63, 3.8) is 0 Å². The van der Waals surface area contributed by atoms with Crippen LogP contribution < -0.4 is 5.32 Å². The number of nitriles is 1. The van der Waals surface area contributed by atoms with E-state index in [1.807, 2.05) is 12.1 Å². The van der Waals surface area contributed by atoms with Crippen molar-refractivity contribution >= 4 is 0 Å². The van der Waals surface area contributed by atoms with Crippen LogP contribution in [0.25, 0.3) is 11.1 Å². The molecule has 1 N–H and O–H groups in total. The molecule has 138 valence electrons. The first-order chi connectivity index (χ1) is 13.2. The highest BCUT2D eigenvalue weighted by Gasteiger charge is 2.36. The van der Waals surface area contributed by atoms with E-state index in [-0.39, 0.29) is 5.56 Å². The molecule has 0 amide bonds. The van der Waals surface area contributed by atoms with E-state index in [4.69, 9.17) is 5.26 Å². The molecule has 2 atom stereocenters. The van der Waals surface area contributed by atoms with Gasteiger partial charge < -0.3 is 5.32 Å². The second-order valence-electron chi connectivity index (χ2n) is 8.22. The van der Waals surface area contributed by atoms with Crippen molar-refractivity contribution < 1.29 is 4.39 Å². The lowest BCUT2D eigenvalue weighted by atomic mass is 9.91. The van der Waals surface area contributed by atoms with Gasteiger partial charge in [0.15, 0.2) is 0 Å². The van der Waals surface area contributed by atoms with Gasteiger partial charge in [0.2, 0.25) is 0 Å². The first-order valence-electron chi connectivity index (χ1n) is 10.0. The molecule has 5 rings (SSSR count). The minimum Gasteiger partial charge on any atom is -0.313 e. The Kier molecular flexibility index (Phi) is 4.22. The van der Waals surface area contributed by atoms with Crippen molar-refractivity contribution in [2.24, 2.45) is 0 Å². The molecule has 2 aliphatic heterocycles. The monoisotopic (exact) mass is 361 g/mol. The summed E-state index contributed by atoms with van der Waals surface area (Å²) >= 11 is 0. The van der Waals surface area contributed by atoms with Gasteiger partial charge >= 0.3 is 0 Å². The van der Waals surface area contributed by atoms with Crippen molar-refractivity contribution in [1.29, 1.82) is 5.26 Å². The van der Waals surface area contributed by atoms with Crippen molar-refractivity contribution in [2.45, 2.75) is 50.2 Å². The topological polar surface area (TPSA) is 39.1 Å². The molecule has 2 heterocycles. The van der Waals surface area contributed by atoms with Crippen LogP contribution in [-0.2, 0) is 6.54 Å². The van der Waals surface area contributed by atoms with Gasteiger partial charge in [0.1, 0.15) is 11.9 Å². The van der Waals surface area contributed by atoms with Crippen molar-refractivity contribution in [2.75, 3.05) is 13.1 Å². The summed E-state index contributed by atoms with van der Waals surface area (Å²) in [4.78, 5) is 2.63. The number of hydrogen-bond acceptors (Lipinski definition) is 3. The fraction of sp³-hybridized carbons (Fsp3) is 0.435. The molecule has 2 bridgehead atoms. The molecule has 1 saturated carbocycles. The lowest BCUT2D eigenvalue weighted by Crippen LogP contribution is -2.35. The minimum absolute atomic E-state index is 0.111. The predicted octanol–water partition coefficient (Wildman–Crippen LogP) is 4.18.